The first-order valence-corrected chi connectivity index (χ1v) is 8.92. The maximum absolute atomic E-state index is 11.6. The summed E-state index contributed by atoms with van der Waals surface area (Å²) in [5, 5.41) is 6.26. The van der Waals surface area contributed by atoms with Crippen molar-refractivity contribution in [1.29, 1.82) is 0 Å². The molecule has 0 aliphatic heterocycles. The van der Waals surface area contributed by atoms with Crippen LogP contribution in [0.15, 0.2) is 63.1 Å². The molecule has 0 saturated heterocycles. The van der Waals surface area contributed by atoms with Crippen molar-refractivity contribution < 1.29 is 4.42 Å². The van der Waals surface area contributed by atoms with Gasteiger partial charge in [-0.2, -0.15) is 0 Å². The minimum atomic E-state index is -0.353. The molecular formula is C19H17N3O2S. The molecule has 5 nitrogen and oxygen atoms in total. The van der Waals surface area contributed by atoms with Gasteiger partial charge in [-0.25, -0.2) is 9.78 Å². The second-order valence-corrected chi connectivity index (χ2v) is 6.67. The minimum Gasteiger partial charge on any atom is -0.408 e. The van der Waals surface area contributed by atoms with Gasteiger partial charge in [-0.1, -0.05) is 36.4 Å². The van der Waals surface area contributed by atoms with E-state index in [0.717, 1.165) is 34.9 Å². The van der Waals surface area contributed by atoms with Crippen molar-refractivity contribution in [3.63, 3.8) is 0 Å². The van der Waals surface area contributed by atoms with Gasteiger partial charge in [0.05, 0.1) is 11.2 Å². The first-order valence-electron chi connectivity index (χ1n) is 8.04. The van der Waals surface area contributed by atoms with Crippen molar-refractivity contribution in [1.82, 2.24) is 9.55 Å². The zero-order valence-corrected chi connectivity index (χ0v) is 14.5. The highest BCUT2D eigenvalue weighted by atomic mass is 32.1. The standard InChI is InChI=1S/C19H17N3O2S/c1-22-16-8-7-14(11-17(16)24-19(22)23)15-12-25-18(21-15)20-10-9-13-5-3-2-4-6-13/h2-8,11-12H,9-10H2,1H3,(H,20,21). The van der Waals surface area contributed by atoms with E-state index in [1.165, 1.54) is 10.1 Å². The van der Waals surface area contributed by atoms with Crippen molar-refractivity contribution in [2.45, 2.75) is 6.42 Å². The second-order valence-electron chi connectivity index (χ2n) is 5.81. The molecule has 0 fully saturated rings. The van der Waals surface area contributed by atoms with Crippen LogP contribution < -0.4 is 11.1 Å². The lowest BCUT2D eigenvalue weighted by Crippen LogP contribution is -2.08. The molecule has 0 atom stereocenters. The summed E-state index contributed by atoms with van der Waals surface area (Å²) in [7, 11) is 1.70. The van der Waals surface area contributed by atoms with E-state index >= 15 is 0 Å². The highest BCUT2D eigenvalue weighted by Crippen LogP contribution is 2.27. The molecule has 6 heteroatoms. The molecule has 0 spiro atoms. The molecule has 126 valence electrons. The molecule has 25 heavy (non-hydrogen) atoms. The predicted molar refractivity (Wildman–Crippen MR) is 101 cm³/mol. The van der Waals surface area contributed by atoms with Gasteiger partial charge in [-0.15, -0.1) is 11.3 Å². The summed E-state index contributed by atoms with van der Waals surface area (Å²) in [5.74, 6) is -0.353. The molecule has 0 radical (unpaired) electrons. The van der Waals surface area contributed by atoms with Crippen LogP contribution >= 0.6 is 11.3 Å². The average Bonchev–Trinajstić information content (AvgIpc) is 3.21. The van der Waals surface area contributed by atoms with Crippen molar-refractivity contribution in [2.75, 3.05) is 11.9 Å². The van der Waals surface area contributed by atoms with E-state index in [4.69, 9.17) is 4.42 Å². The largest absolute Gasteiger partial charge is 0.419 e. The van der Waals surface area contributed by atoms with E-state index in [2.05, 4.69) is 34.6 Å². The Kier molecular flexibility index (Phi) is 4.11. The van der Waals surface area contributed by atoms with Crippen LogP contribution in [0.1, 0.15) is 5.56 Å². The van der Waals surface area contributed by atoms with E-state index in [1.807, 2.05) is 29.6 Å². The second kappa shape index (κ2) is 6.57. The van der Waals surface area contributed by atoms with Crippen LogP contribution in [-0.2, 0) is 13.5 Å². The van der Waals surface area contributed by atoms with Gasteiger partial charge < -0.3 is 9.73 Å². The zero-order chi connectivity index (χ0) is 17.2. The Balaban J connectivity index is 1.48. The van der Waals surface area contributed by atoms with Gasteiger partial charge in [-0.05, 0) is 24.1 Å². The quantitative estimate of drug-likeness (QED) is 0.592. The lowest BCUT2D eigenvalue weighted by Gasteiger charge is -2.02. The summed E-state index contributed by atoms with van der Waals surface area (Å²) >= 11 is 1.57. The highest BCUT2D eigenvalue weighted by Gasteiger charge is 2.10. The number of aryl methyl sites for hydroxylation is 1. The Morgan fingerprint density at radius 1 is 1.20 bits per heavy atom. The first-order chi connectivity index (χ1) is 12.2. The fraction of sp³-hybridized carbons (Fsp3) is 0.158. The van der Waals surface area contributed by atoms with Crippen LogP contribution in [0, 0.1) is 0 Å². The third kappa shape index (κ3) is 3.21. The molecule has 0 aliphatic carbocycles. The van der Waals surface area contributed by atoms with Crippen molar-refractivity contribution in [3.8, 4) is 11.3 Å². The van der Waals surface area contributed by atoms with Crippen LogP contribution in [0.4, 0.5) is 5.13 Å². The number of thiazole rings is 1. The Hall–Kier alpha value is -2.86. The summed E-state index contributed by atoms with van der Waals surface area (Å²) in [6.07, 6.45) is 0.955. The zero-order valence-electron chi connectivity index (χ0n) is 13.7. The normalized spacial score (nSPS) is 11.1. The van der Waals surface area contributed by atoms with E-state index in [0.29, 0.717) is 5.58 Å². The number of aromatic nitrogens is 2. The molecule has 2 heterocycles. The number of hydrogen-bond acceptors (Lipinski definition) is 5. The molecule has 0 amide bonds. The number of benzene rings is 2. The number of anilines is 1. The summed E-state index contributed by atoms with van der Waals surface area (Å²) in [6.45, 7) is 0.837. The van der Waals surface area contributed by atoms with Crippen LogP contribution in [0.3, 0.4) is 0 Å². The lowest BCUT2D eigenvalue weighted by molar-refractivity contribution is 0.528. The predicted octanol–water partition coefficient (Wildman–Crippen LogP) is 3.91. The molecule has 0 bridgehead atoms. The maximum Gasteiger partial charge on any atom is 0.419 e. The minimum absolute atomic E-state index is 0.353. The monoisotopic (exact) mass is 351 g/mol. The number of rotatable bonds is 5. The van der Waals surface area contributed by atoms with E-state index < -0.39 is 0 Å². The summed E-state index contributed by atoms with van der Waals surface area (Å²) in [4.78, 5) is 16.2. The van der Waals surface area contributed by atoms with Crippen LogP contribution in [0.2, 0.25) is 0 Å². The fourth-order valence-corrected chi connectivity index (χ4v) is 3.49. The van der Waals surface area contributed by atoms with Gasteiger partial charge in [0.25, 0.3) is 0 Å². The molecule has 1 N–H and O–H groups in total. The number of oxazole rings is 1. The Bertz CT molecular complexity index is 1060. The summed E-state index contributed by atoms with van der Waals surface area (Å²) in [6, 6.07) is 16.1. The van der Waals surface area contributed by atoms with Gasteiger partial charge in [-0.3, -0.25) is 4.57 Å². The van der Waals surface area contributed by atoms with E-state index in [9.17, 15) is 4.79 Å². The molecule has 0 aliphatic rings. The Labute approximate surface area is 148 Å². The molecule has 0 unspecified atom stereocenters. The molecule has 4 rings (SSSR count). The van der Waals surface area contributed by atoms with Crippen molar-refractivity contribution in [3.05, 3.63) is 70.0 Å². The molecule has 2 aromatic heterocycles. The topological polar surface area (TPSA) is 60.1 Å². The van der Waals surface area contributed by atoms with Crippen molar-refractivity contribution in [2.24, 2.45) is 7.05 Å². The number of nitrogens with one attached hydrogen (secondary N) is 1. The average molecular weight is 351 g/mol. The van der Waals surface area contributed by atoms with Crippen LogP contribution in [-0.4, -0.2) is 16.1 Å². The van der Waals surface area contributed by atoms with Gasteiger partial charge in [0.2, 0.25) is 0 Å². The SMILES string of the molecule is Cn1c(=O)oc2cc(-c3csc(NCCc4ccccc4)n3)ccc21. The Morgan fingerprint density at radius 2 is 2.04 bits per heavy atom. The molecular weight excluding hydrogens is 334 g/mol. The molecule has 2 aromatic carbocycles. The fourth-order valence-electron chi connectivity index (χ4n) is 2.74. The summed E-state index contributed by atoms with van der Waals surface area (Å²) < 4.78 is 6.75. The van der Waals surface area contributed by atoms with Gasteiger partial charge in [0.1, 0.15) is 0 Å². The van der Waals surface area contributed by atoms with Crippen LogP contribution in [0.25, 0.3) is 22.4 Å². The van der Waals surface area contributed by atoms with E-state index in [1.54, 1.807) is 18.4 Å². The Morgan fingerprint density at radius 3 is 2.88 bits per heavy atom. The van der Waals surface area contributed by atoms with Gasteiger partial charge in [0, 0.05) is 24.5 Å². The smallest absolute Gasteiger partial charge is 0.408 e. The lowest BCUT2D eigenvalue weighted by atomic mass is 10.1. The van der Waals surface area contributed by atoms with E-state index in [-0.39, 0.29) is 5.76 Å². The third-order valence-electron chi connectivity index (χ3n) is 4.12. The number of hydrogen-bond donors (Lipinski definition) is 1. The highest BCUT2D eigenvalue weighted by molar-refractivity contribution is 7.14. The van der Waals surface area contributed by atoms with Crippen molar-refractivity contribution >= 4 is 27.6 Å². The number of nitrogens with zero attached hydrogens (tertiary/aromatic N) is 2. The number of fused-ring (bicyclic) bond motifs is 1. The first kappa shape index (κ1) is 15.7. The molecule has 4 aromatic rings. The van der Waals surface area contributed by atoms with Crippen LogP contribution in [0.5, 0.6) is 0 Å². The maximum atomic E-state index is 11.6. The molecule has 0 saturated carbocycles. The third-order valence-corrected chi connectivity index (χ3v) is 4.92. The van der Waals surface area contributed by atoms with Gasteiger partial charge >= 0.3 is 5.76 Å². The van der Waals surface area contributed by atoms with Gasteiger partial charge in [0.15, 0.2) is 10.7 Å². The summed E-state index contributed by atoms with van der Waals surface area (Å²) in [5.41, 5.74) is 4.48.